The topological polar surface area (TPSA) is 86.5 Å². The van der Waals surface area contributed by atoms with Gasteiger partial charge in [-0.2, -0.15) is 0 Å². The molecule has 0 spiro atoms. The molecule has 0 radical (unpaired) electrons. The van der Waals surface area contributed by atoms with Crippen LogP contribution in [0.3, 0.4) is 0 Å². The van der Waals surface area contributed by atoms with Crippen molar-refractivity contribution in [3.63, 3.8) is 0 Å². The number of nitro groups is 1. The number of rotatable bonds is 6. The fraction of sp³-hybridized carbons (Fsp3) is 0.100. The van der Waals surface area contributed by atoms with E-state index in [0.29, 0.717) is 5.75 Å². The van der Waals surface area contributed by atoms with Crippen LogP contribution in [0.2, 0.25) is 0 Å². The van der Waals surface area contributed by atoms with Crippen LogP contribution in [0.15, 0.2) is 77.7 Å². The molecule has 3 aromatic carbocycles. The van der Waals surface area contributed by atoms with Gasteiger partial charge < -0.3 is 4.74 Å². The Morgan fingerprint density at radius 2 is 1.52 bits per heavy atom. The first-order chi connectivity index (χ1) is 12.8. The summed E-state index contributed by atoms with van der Waals surface area (Å²) in [7, 11) is -3.76. The Morgan fingerprint density at radius 3 is 2.11 bits per heavy atom. The molecule has 0 bridgehead atoms. The summed E-state index contributed by atoms with van der Waals surface area (Å²) in [6, 6.07) is 21.1. The lowest BCUT2D eigenvalue weighted by Crippen LogP contribution is -2.04. The monoisotopic (exact) mass is 383 g/mol. The summed E-state index contributed by atoms with van der Waals surface area (Å²) in [6.07, 6.45) is 1.68. The molecular formula is C20H17NO5S. The minimum Gasteiger partial charge on any atom is -0.450 e. The van der Waals surface area contributed by atoms with Gasteiger partial charge >= 0.3 is 5.69 Å². The van der Waals surface area contributed by atoms with Gasteiger partial charge in [0.15, 0.2) is 9.84 Å². The van der Waals surface area contributed by atoms with Gasteiger partial charge in [-0.1, -0.05) is 48.5 Å². The highest BCUT2D eigenvalue weighted by Crippen LogP contribution is 2.36. The van der Waals surface area contributed by atoms with Gasteiger partial charge in [-0.3, -0.25) is 10.1 Å². The van der Waals surface area contributed by atoms with E-state index in [2.05, 4.69) is 0 Å². The Hall–Kier alpha value is -3.19. The molecule has 3 aromatic rings. The second-order valence-corrected chi connectivity index (χ2v) is 8.02. The molecule has 0 amide bonds. The number of benzene rings is 3. The highest BCUT2D eigenvalue weighted by atomic mass is 32.2. The molecular weight excluding hydrogens is 366 g/mol. The molecule has 0 fully saturated rings. The van der Waals surface area contributed by atoms with E-state index >= 15 is 0 Å². The smallest absolute Gasteiger partial charge is 0.330 e. The summed E-state index contributed by atoms with van der Waals surface area (Å²) < 4.78 is 29.2. The Bertz CT molecular complexity index is 1060. The molecule has 0 saturated carbocycles. The zero-order valence-electron chi connectivity index (χ0n) is 14.5. The van der Waals surface area contributed by atoms with Gasteiger partial charge in [0.2, 0.25) is 5.75 Å². The third-order valence-corrected chi connectivity index (χ3v) is 5.07. The minimum atomic E-state index is -3.76. The van der Waals surface area contributed by atoms with Crippen LogP contribution in [0.5, 0.6) is 11.5 Å². The fourth-order valence-corrected chi connectivity index (χ4v) is 3.55. The van der Waals surface area contributed by atoms with Crippen molar-refractivity contribution in [1.82, 2.24) is 0 Å². The first kappa shape index (κ1) is 18.6. The number of nitro benzene ring substituents is 1. The predicted molar refractivity (Wildman–Crippen MR) is 102 cm³/mol. The summed E-state index contributed by atoms with van der Waals surface area (Å²) in [5, 5.41) is 11.4. The van der Waals surface area contributed by atoms with Gasteiger partial charge in [-0.05, 0) is 41.8 Å². The Kier molecular flexibility index (Phi) is 5.23. The zero-order valence-corrected chi connectivity index (χ0v) is 15.3. The molecule has 7 heteroatoms. The molecule has 0 atom stereocenters. The first-order valence-electron chi connectivity index (χ1n) is 8.13. The molecule has 0 aliphatic heterocycles. The van der Waals surface area contributed by atoms with Gasteiger partial charge in [0.25, 0.3) is 0 Å². The van der Waals surface area contributed by atoms with E-state index in [1.807, 2.05) is 42.5 Å². The molecule has 138 valence electrons. The maximum atomic E-state index is 11.8. The van der Waals surface area contributed by atoms with Crippen molar-refractivity contribution in [2.45, 2.75) is 11.3 Å². The third-order valence-electron chi connectivity index (χ3n) is 3.95. The van der Waals surface area contributed by atoms with Crippen molar-refractivity contribution in [3.05, 3.63) is 94.0 Å². The third kappa shape index (κ3) is 4.51. The number of hydrogen-bond donors (Lipinski definition) is 0. The van der Waals surface area contributed by atoms with Gasteiger partial charge in [0.05, 0.1) is 4.92 Å². The Labute approximate surface area is 157 Å². The summed E-state index contributed by atoms with van der Waals surface area (Å²) in [4.78, 5) is 10.3. The number of sulfone groups is 1. The fourth-order valence-electron chi connectivity index (χ4n) is 2.70. The number of nitrogens with zero attached hydrogens (tertiary/aromatic N) is 1. The highest BCUT2D eigenvalue weighted by molar-refractivity contribution is 7.90. The van der Waals surface area contributed by atoms with E-state index in [1.54, 1.807) is 12.1 Å². The van der Waals surface area contributed by atoms with Crippen molar-refractivity contribution in [2.75, 3.05) is 6.26 Å². The van der Waals surface area contributed by atoms with E-state index in [9.17, 15) is 18.5 Å². The van der Waals surface area contributed by atoms with Crippen LogP contribution < -0.4 is 4.74 Å². The summed E-state index contributed by atoms with van der Waals surface area (Å²) in [5.41, 5.74) is 1.67. The van der Waals surface area contributed by atoms with E-state index in [1.165, 1.54) is 23.8 Å². The average Bonchev–Trinajstić information content (AvgIpc) is 2.63. The summed E-state index contributed by atoms with van der Waals surface area (Å²) in [6.45, 7) is 0. The van der Waals surface area contributed by atoms with E-state index in [-0.39, 0.29) is 10.6 Å². The van der Waals surface area contributed by atoms with Crippen LogP contribution in [0.1, 0.15) is 11.1 Å². The number of para-hydroxylation sites is 1. The maximum Gasteiger partial charge on any atom is 0.330 e. The van der Waals surface area contributed by atoms with Crippen LogP contribution >= 0.6 is 0 Å². The number of ether oxygens (including phenoxy) is 1. The summed E-state index contributed by atoms with van der Waals surface area (Å²) in [5.74, 6) is 0.277. The first-order valence-corrected chi connectivity index (χ1v) is 10.0. The quantitative estimate of drug-likeness (QED) is 0.466. The van der Waals surface area contributed by atoms with Crippen LogP contribution in [0.4, 0.5) is 5.69 Å². The van der Waals surface area contributed by atoms with Gasteiger partial charge in [-0.15, -0.1) is 0 Å². The van der Waals surface area contributed by atoms with Gasteiger partial charge in [0, 0.05) is 6.26 Å². The molecule has 0 unspecified atom stereocenters. The molecule has 0 aliphatic carbocycles. The molecule has 27 heavy (non-hydrogen) atoms. The molecule has 0 aromatic heterocycles. The van der Waals surface area contributed by atoms with Crippen molar-refractivity contribution < 1.29 is 18.1 Å². The van der Waals surface area contributed by atoms with Crippen molar-refractivity contribution in [2.24, 2.45) is 0 Å². The highest BCUT2D eigenvalue weighted by Gasteiger charge is 2.27. The van der Waals surface area contributed by atoms with Crippen molar-refractivity contribution >= 4 is 15.5 Å². The SMILES string of the molecule is CS(=O)(=O)c1cccc(Oc2ccc(Cc3ccccc3)cc2)c1[N+](=O)[O-]. The van der Waals surface area contributed by atoms with Gasteiger partial charge in [0.1, 0.15) is 10.6 Å². The second kappa shape index (κ2) is 7.59. The molecule has 0 aliphatic rings. The molecule has 3 rings (SSSR count). The summed E-state index contributed by atoms with van der Waals surface area (Å²) >= 11 is 0. The molecule has 0 saturated heterocycles. The maximum absolute atomic E-state index is 11.8. The van der Waals surface area contributed by atoms with Gasteiger partial charge in [-0.25, -0.2) is 8.42 Å². The predicted octanol–water partition coefficient (Wildman–Crippen LogP) is 4.38. The van der Waals surface area contributed by atoms with Crippen molar-refractivity contribution in [3.8, 4) is 11.5 Å². The van der Waals surface area contributed by atoms with E-state index < -0.39 is 20.4 Å². The van der Waals surface area contributed by atoms with Crippen LogP contribution in [0, 0.1) is 10.1 Å². The molecule has 0 N–H and O–H groups in total. The Morgan fingerprint density at radius 1 is 0.889 bits per heavy atom. The lowest BCUT2D eigenvalue weighted by atomic mass is 10.1. The average molecular weight is 383 g/mol. The molecule has 0 heterocycles. The van der Waals surface area contributed by atoms with Crippen LogP contribution in [0.25, 0.3) is 0 Å². The van der Waals surface area contributed by atoms with Crippen molar-refractivity contribution in [1.29, 1.82) is 0 Å². The standard InChI is InChI=1S/C20H17NO5S/c1-27(24,25)19-9-5-8-18(20(19)21(22)23)26-17-12-10-16(11-13-17)14-15-6-3-2-4-7-15/h2-13H,14H2,1H3. The minimum absolute atomic E-state index is 0.112. The number of hydrogen-bond acceptors (Lipinski definition) is 5. The lowest BCUT2D eigenvalue weighted by molar-refractivity contribution is -0.388. The second-order valence-electron chi connectivity index (χ2n) is 6.04. The van der Waals surface area contributed by atoms with Crippen LogP contribution in [-0.2, 0) is 16.3 Å². The van der Waals surface area contributed by atoms with Crippen LogP contribution in [-0.4, -0.2) is 19.6 Å². The van der Waals surface area contributed by atoms with E-state index in [0.717, 1.165) is 18.2 Å². The zero-order chi connectivity index (χ0) is 19.4. The normalized spacial score (nSPS) is 11.1. The largest absolute Gasteiger partial charge is 0.450 e. The lowest BCUT2D eigenvalue weighted by Gasteiger charge is -2.09. The van der Waals surface area contributed by atoms with E-state index in [4.69, 9.17) is 4.74 Å². The molecule has 6 nitrogen and oxygen atoms in total. The Balaban J connectivity index is 1.86.